The molecule has 2 rings (SSSR count). The standard InChI is InChI=1S/C20H41N3O3Si2/c1-19(2,3)27(7,8)24-14-16-15(26-28(9,10)20(4,5)6)13-17(25-16)23-12-11-22-18(23)21/h11-12,15-17H,13-14H2,1-10H3,(H2,21,22)/t15?,16-,17-/m1/s1. The van der Waals surface area contributed by atoms with Gasteiger partial charge >= 0.3 is 0 Å². The Bertz CT molecular complexity index is 662. The molecule has 1 aliphatic heterocycles. The van der Waals surface area contributed by atoms with Crippen molar-refractivity contribution in [1.82, 2.24) is 9.55 Å². The van der Waals surface area contributed by atoms with Crippen LogP contribution in [0.5, 0.6) is 0 Å². The van der Waals surface area contributed by atoms with Crippen molar-refractivity contribution < 1.29 is 13.6 Å². The number of nitrogens with zero attached hydrogens (tertiary/aromatic N) is 2. The van der Waals surface area contributed by atoms with Gasteiger partial charge in [0.2, 0.25) is 5.95 Å². The predicted octanol–water partition coefficient (Wildman–Crippen LogP) is 5.17. The molecular weight excluding hydrogens is 386 g/mol. The van der Waals surface area contributed by atoms with Gasteiger partial charge in [-0.15, -0.1) is 0 Å². The summed E-state index contributed by atoms with van der Waals surface area (Å²) in [5.74, 6) is 0.474. The summed E-state index contributed by atoms with van der Waals surface area (Å²) in [6.07, 6.45) is 4.08. The molecule has 2 N–H and O–H groups in total. The molecule has 0 bridgehead atoms. The Morgan fingerprint density at radius 3 is 2.14 bits per heavy atom. The first-order valence-electron chi connectivity index (χ1n) is 10.3. The van der Waals surface area contributed by atoms with Crippen molar-refractivity contribution >= 4 is 22.6 Å². The summed E-state index contributed by atoms with van der Waals surface area (Å²) in [7, 11) is -3.80. The fourth-order valence-corrected chi connectivity index (χ4v) is 5.15. The van der Waals surface area contributed by atoms with E-state index in [1.54, 1.807) is 6.20 Å². The Morgan fingerprint density at radius 1 is 1.11 bits per heavy atom. The molecule has 0 amide bonds. The first-order valence-corrected chi connectivity index (χ1v) is 16.1. The van der Waals surface area contributed by atoms with Crippen molar-refractivity contribution in [3.05, 3.63) is 12.4 Å². The summed E-state index contributed by atoms with van der Waals surface area (Å²) < 4.78 is 21.6. The summed E-state index contributed by atoms with van der Waals surface area (Å²) in [5.41, 5.74) is 6.02. The number of imidazole rings is 1. The van der Waals surface area contributed by atoms with Gasteiger partial charge < -0.3 is 19.3 Å². The van der Waals surface area contributed by atoms with Crippen molar-refractivity contribution in [3.63, 3.8) is 0 Å². The molecule has 2 heterocycles. The molecule has 1 aromatic heterocycles. The lowest BCUT2D eigenvalue weighted by Gasteiger charge is -2.40. The minimum absolute atomic E-state index is 0.00235. The summed E-state index contributed by atoms with van der Waals surface area (Å²) in [5, 5.41) is 0.305. The molecule has 0 spiro atoms. The lowest BCUT2D eigenvalue weighted by Crippen LogP contribution is -2.48. The largest absolute Gasteiger partial charge is 0.414 e. The lowest BCUT2D eigenvalue weighted by atomic mass is 10.2. The van der Waals surface area contributed by atoms with E-state index in [-0.39, 0.29) is 28.5 Å². The maximum atomic E-state index is 6.77. The van der Waals surface area contributed by atoms with E-state index in [0.29, 0.717) is 12.6 Å². The van der Waals surface area contributed by atoms with Crippen molar-refractivity contribution in [2.24, 2.45) is 0 Å². The molecule has 1 unspecified atom stereocenters. The average molecular weight is 428 g/mol. The third-order valence-electron chi connectivity index (χ3n) is 6.86. The second-order valence-corrected chi connectivity index (χ2v) is 20.6. The van der Waals surface area contributed by atoms with Crippen LogP contribution in [0.2, 0.25) is 36.3 Å². The van der Waals surface area contributed by atoms with Gasteiger partial charge in [-0.3, -0.25) is 4.57 Å². The van der Waals surface area contributed by atoms with E-state index < -0.39 is 16.6 Å². The Kier molecular flexibility index (Phi) is 6.63. The second kappa shape index (κ2) is 7.87. The molecule has 1 aliphatic rings. The van der Waals surface area contributed by atoms with Crippen LogP contribution in [0.1, 0.15) is 54.2 Å². The summed E-state index contributed by atoms with van der Waals surface area (Å²) in [6, 6.07) is 0. The van der Waals surface area contributed by atoms with Gasteiger partial charge in [0.25, 0.3) is 0 Å². The molecule has 3 atom stereocenters. The average Bonchev–Trinajstić information content (AvgIpc) is 3.08. The predicted molar refractivity (Wildman–Crippen MR) is 120 cm³/mol. The monoisotopic (exact) mass is 427 g/mol. The Balaban J connectivity index is 2.19. The van der Waals surface area contributed by atoms with Crippen LogP contribution in [-0.4, -0.2) is 45.0 Å². The van der Waals surface area contributed by atoms with Crippen molar-refractivity contribution in [2.45, 2.75) is 103 Å². The van der Waals surface area contributed by atoms with Crippen LogP contribution in [0.25, 0.3) is 0 Å². The van der Waals surface area contributed by atoms with E-state index >= 15 is 0 Å². The Morgan fingerprint density at radius 2 is 1.68 bits per heavy atom. The SMILES string of the molecule is CC(C)(C)[Si](C)(C)OC[C@H]1O[C@@H](n2ccnc2N)CC1O[Si](C)(C)C(C)(C)C. The van der Waals surface area contributed by atoms with Crippen molar-refractivity contribution in [2.75, 3.05) is 12.3 Å². The number of ether oxygens (including phenoxy) is 1. The summed E-state index contributed by atoms with van der Waals surface area (Å²) in [4.78, 5) is 4.15. The fourth-order valence-electron chi connectivity index (χ4n) is 2.78. The van der Waals surface area contributed by atoms with Crippen LogP contribution < -0.4 is 5.73 Å². The number of nitrogens with two attached hydrogens (primary N) is 1. The van der Waals surface area contributed by atoms with Gasteiger partial charge in [-0.1, -0.05) is 41.5 Å². The van der Waals surface area contributed by atoms with Crippen molar-refractivity contribution in [1.29, 1.82) is 0 Å². The molecule has 1 fully saturated rings. The molecule has 1 saturated heterocycles. The normalized spacial score (nSPS) is 24.7. The molecule has 8 heteroatoms. The molecular formula is C20H41N3O3Si2. The van der Waals surface area contributed by atoms with Gasteiger partial charge in [-0.25, -0.2) is 4.98 Å². The fraction of sp³-hybridized carbons (Fsp3) is 0.850. The number of rotatable bonds is 6. The number of nitrogen functional groups attached to an aromatic ring is 1. The zero-order chi connectivity index (χ0) is 21.5. The first kappa shape index (κ1) is 23.6. The highest BCUT2D eigenvalue weighted by atomic mass is 28.4. The van der Waals surface area contributed by atoms with Gasteiger partial charge in [0.1, 0.15) is 12.3 Å². The van der Waals surface area contributed by atoms with E-state index in [9.17, 15) is 0 Å². The van der Waals surface area contributed by atoms with E-state index in [0.717, 1.165) is 6.42 Å². The third kappa shape index (κ3) is 5.08. The Labute approximate surface area is 173 Å². The first-order chi connectivity index (χ1) is 12.6. The molecule has 0 radical (unpaired) electrons. The molecule has 0 saturated carbocycles. The maximum absolute atomic E-state index is 6.77. The van der Waals surface area contributed by atoms with Gasteiger partial charge in [0, 0.05) is 18.8 Å². The number of anilines is 1. The summed E-state index contributed by atoms with van der Waals surface area (Å²) in [6.45, 7) is 23.3. The number of hydrogen-bond donors (Lipinski definition) is 1. The van der Waals surface area contributed by atoms with Gasteiger partial charge in [0.15, 0.2) is 16.6 Å². The molecule has 6 nitrogen and oxygen atoms in total. The van der Waals surface area contributed by atoms with Gasteiger partial charge in [-0.05, 0) is 36.3 Å². The minimum atomic E-state index is -1.93. The van der Waals surface area contributed by atoms with Crippen LogP contribution in [0.3, 0.4) is 0 Å². The molecule has 162 valence electrons. The Hall–Kier alpha value is -0.676. The number of hydrogen-bond acceptors (Lipinski definition) is 5. The van der Waals surface area contributed by atoms with E-state index in [4.69, 9.17) is 19.3 Å². The van der Waals surface area contributed by atoms with Crippen LogP contribution in [0.15, 0.2) is 12.4 Å². The zero-order valence-corrected chi connectivity index (χ0v) is 21.5. The highest BCUT2D eigenvalue weighted by Crippen LogP contribution is 2.42. The van der Waals surface area contributed by atoms with E-state index in [2.05, 4.69) is 72.7 Å². The topological polar surface area (TPSA) is 71.5 Å². The highest BCUT2D eigenvalue weighted by molar-refractivity contribution is 6.74. The van der Waals surface area contributed by atoms with Crippen LogP contribution in [0, 0.1) is 0 Å². The van der Waals surface area contributed by atoms with Crippen LogP contribution in [-0.2, 0) is 13.6 Å². The lowest BCUT2D eigenvalue weighted by molar-refractivity contribution is -0.0388. The molecule has 0 aliphatic carbocycles. The molecule has 0 aromatic carbocycles. The van der Waals surface area contributed by atoms with E-state index in [1.165, 1.54) is 0 Å². The van der Waals surface area contributed by atoms with Gasteiger partial charge in [-0.2, -0.15) is 0 Å². The second-order valence-electron chi connectivity index (χ2n) is 11.0. The maximum Gasteiger partial charge on any atom is 0.202 e. The quantitative estimate of drug-likeness (QED) is 0.634. The highest BCUT2D eigenvalue weighted by Gasteiger charge is 2.46. The molecule has 1 aromatic rings. The smallest absolute Gasteiger partial charge is 0.202 e. The summed E-state index contributed by atoms with van der Waals surface area (Å²) >= 11 is 0. The van der Waals surface area contributed by atoms with Crippen molar-refractivity contribution in [3.8, 4) is 0 Å². The number of aromatic nitrogens is 2. The third-order valence-corrected chi connectivity index (χ3v) is 15.9. The van der Waals surface area contributed by atoms with Crippen LogP contribution >= 0.6 is 0 Å². The zero-order valence-electron chi connectivity index (χ0n) is 19.5. The van der Waals surface area contributed by atoms with E-state index in [1.807, 2.05) is 10.8 Å². The molecule has 28 heavy (non-hydrogen) atoms. The van der Waals surface area contributed by atoms with Crippen LogP contribution in [0.4, 0.5) is 5.95 Å². The van der Waals surface area contributed by atoms with Gasteiger partial charge in [0.05, 0.1) is 12.7 Å². The minimum Gasteiger partial charge on any atom is -0.414 e.